The van der Waals surface area contributed by atoms with Crippen molar-refractivity contribution in [2.45, 2.75) is 32.6 Å². The summed E-state index contributed by atoms with van der Waals surface area (Å²) in [5, 5.41) is 2.64. The zero-order valence-electron chi connectivity index (χ0n) is 15.6. The van der Waals surface area contributed by atoms with Crippen molar-refractivity contribution in [1.29, 1.82) is 0 Å². The first kappa shape index (κ1) is 21.7. The molecule has 5 nitrogen and oxygen atoms in total. The van der Waals surface area contributed by atoms with Gasteiger partial charge >= 0.3 is 6.18 Å². The molecular weight excluding hydrogens is 393 g/mol. The van der Waals surface area contributed by atoms with Gasteiger partial charge in [0, 0.05) is 6.54 Å². The van der Waals surface area contributed by atoms with Gasteiger partial charge < -0.3 is 5.32 Å². The Morgan fingerprint density at radius 1 is 1.14 bits per heavy atom. The van der Waals surface area contributed by atoms with Crippen LogP contribution in [0, 0.1) is 6.92 Å². The molecule has 2 aromatic carbocycles. The summed E-state index contributed by atoms with van der Waals surface area (Å²) in [4.78, 5) is 12.5. The molecule has 1 amide bonds. The molecule has 2 aromatic rings. The molecule has 1 N–H and O–H groups in total. The van der Waals surface area contributed by atoms with Crippen LogP contribution in [-0.2, 0) is 27.5 Å². The fourth-order valence-electron chi connectivity index (χ4n) is 2.77. The van der Waals surface area contributed by atoms with Gasteiger partial charge in [-0.1, -0.05) is 30.3 Å². The quantitative estimate of drug-likeness (QED) is 0.787. The average molecular weight is 414 g/mol. The molecule has 28 heavy (non-hydrogen) atoms. The molecule has 0 spiro atoms. The number of rotatable bonds is 6. The van der Waals surface area contributed by atoms with E-state index in [0.717, 1.165) is 29.5 Å². The van der Waals surface area contributed by atoms with E-state index in [1.54, 1.807) is 0 Å². The number of carbonyl (C=O) groups excluding carboxylic acids is 1. The standard InChI is InChI=1S/C19H21F3N2O3S/c1-13-7-4-5-8-15(13)12-23-18(25)14(2)24(28(3,26)27)17-10-6-9-16(11-17)19(20,21)22/h4-11,14H,12H2,1-3H3,(H,23,25). The van der Waals surface area contributed by atoms with Crippen LogP contribution in [0.2, 0.25) is 0 Å². The minimum absolute atomic E-state index is 0.177. The van der Waals surface area contributed by atoms with Crippen LogP contribution in [-0.4, -0.2) is 26.6 Å². The maximum absolute atomic E-state index is 13.0. The van der Waals surface area contributed by atoms with Crippen LogP contribution in [0.15, 0.2) is 48.5 Å². The molecule has 0 aliphatic carbocycles. The first-order valence-electron chi connectivity index (χ1n) is 8.40. The Kier molecular flexibility index (Phi) is 6.38. The Morgan fingerprint density at radius 2 is 1.79 bits per heavy atom. The summed E-state index contributed by atoms with van der Waals surface area (Å²) in [5.74, 6) is -0.619. The van der Waals surface area contributed by atoms with Crippen LogP contribution in [0.5, 0.6) is 0 Å². The van der Waals surface area contributed by atoms with Gasteiger partial charge in [0.25, 0.3) is 0 Å². The van der Waals surface area contributed by atoms with Crippen molar-refractivity contribution in [2.75, 3.05) is 10.6 Å². The summed E-state index contributed by atoms with van der Waals surface area (Å²) in [6.45, 7) is 3.38. The minimum atomic E-state index is -4.63. The topological polar surface area (TPSA) is 66.5 Å². The fourth-order valence-corrected chi connectivity index (χ4v) is 3.93. The second kappa shape index (κ2) is 8.22. The number of hydrogen-bond donors (Lipinski definition) is 1. The smallest absolute Gasteiger partial charge is 0.350 e. The van der Waals surface area contributed by atoms with Crippen molar-refractivity contribution in [3.05, 3.63) is 65.2 Å². The van der Waals surface area contributed by atoms with E-state index in [2.05, 4.69) is 5.32 Å². The summed E-state index contributed by atoms with van der Waals surface area (Å²) in [7, 11) is -4.01. The molecule has 0 aliphatic heterocycles. The van der Waals surface area contributed by atoms with Crippen molar-refractivity contribution in [2.24, 2.45) is 0 Å². The third-order valence-electron chi connectivity index (χ3n) is 4.23. The number of nitrogens with one attached hydrogen (secondary N) is 1. The number of aryl methyl sites for hydroxylation is 1. The van der Waals surface area contributed by atoms with Crippen LogP contribution in [0.1, 0.15) is 23.6 Å². The van der Waals surface area contributed by atoms with Gasteiger partial charge in [0.1, 0.15) is 6.04 Å². The monoisotopic (exact) mass is 414 g/mol. The molecule has 0 saturated carbocycles. The van der Waals surface area contributed by atoms with Crippen molar-refractivity contribution in [3.8, 4) is 0 Å². The maximum atomic E-state index is 13.0. The molecule has 0 aromatic heterocycles. The van der Waals surface area contributed by atoms with Gasteiger partial charge in [0.05, 0.1) is 17.5 Å². The highest BCUT2D eigenvalue weighted by molar-refractivity contribution is 7.92. The van der Waals surface area contributed by atoms with E-state index in [1.807, 2.05) is 31.2 Å². The number of sulfonamides is 1. The zero-order valence-corrected chi connectivity index (χ0v) is 16.4. The van der Waals surface area contributed by atoms with Gasteiger partial charge in [-0.15, -0.1) is 0 Å². The Hall–Kier alpha value is -2.55. The first-order valence-corrected chi connectivity index (χ1v) is 10.2. The van der Waals surface area contributed by atoms with Crippen LogP contribution in [0.4, 0.5) is 18.9 Å². The van der Waals surface area contributed by atoms with Crippen molar-refractivity contribution < 1.29 is 26.4 Å². The molecule has 2 rings (SSSR count). The molecule has 0 bridgehead atoms. The van der Waals surface area contributed by atoms with Crippen molar-refractivity contribution >= 4 is 21.6 Å². The zero-order chi connectivity index (χ0) is 21.1. The molecule has 9 heteroatoms. The Balaban J connectivity index is 2.28. The van der Waals surface area contributed by atoms with E-state index in [1.165, 1.54) is 13.0 Å². The van der Waals surface area contributed by atoms with Gasteiger partial charge in [-0.05, 0) is 43.2 Å². The summed E-state index contributed by atoms with van der Waals surface area (Å²) >= 11 is 0. The molecule has 0 radical (unpaired) electrons. The Bertz CT molecular complexity index is 959. The third-order valence-corrected chi connectivity index (χ3v) is 5.47. The van der Waals surface area contributed by atoms with Crippen molar-refractivity contribution in [1.82, 2.24) is 5.32 Å². The highest BCUT2D eigenvalue weighted by Crippen LogP contribution is 2.32. The predicted molar refractivity (Wildman–Crippen MR) is 101 cm³/mol. The molecular formula is C19H21F3N2O3S. The summed E-state index contributed by atoms with van der Waals surface area (Å²) < 4.78 is 64.1. The molecule has 152 valence electrons. The highest BCUT2D eigenvalue weighted by atomic mass is 32.2. The minimum Gasteiger partial charge on any atom is -0.350 e. The predicted octanol–water partition coefficient (Wildman–Crippen LogP) is 3.48. The summed E-state index contributed by atoms with van der Waals surface area (Å²) in [6, 6.07) is 10.0. The van der Waals surface area contributed by atoms with Gasteiger partial charge in [-0.25, -0.2) is 8.42 Å². The van der Waals surface area contributed by atoms with Crippen molar-refractivity contribution in [3.63, 3.8) is 0 Å². The number of carbonyl (C=O) groups is 1. The van der Waals surface area contributed by atoms with Crippen LogP contribution in [0.25, 0.3) is 0 Å². The number of hydrogen-bond acceptors (Lipinski definition) is 3. The molecule has 0 saturated heterocycles. The first-order chi connectivity index (χ1) is 12.9. The fraction of sp³-hybridized carbons (Fsp3) is 0.316. The molecule has 0 aliphatic rings. The molecule has 1 atom stereocenters. The van der Waals surface area contributed by atoms with Crippen LogP contribution in [0.3, 0.4) is 0 Å². The lowest BCUT2D eigenvalue weighted by molar-refractivity contribution is -0.137. The maximum Gasteiger partial charge on any atom is 0.416 e. The number of amides is 1. The second-order valence-corrected chi connectivity index (χ2v) is 8.29. The molecule has 0 heterocycles. The number of anilines is 1. The van der Waals surface area contributed by atoms with E-state index in [9.17, 15) is 26.4 Å². The van der Waals surface area contributed by atoms with Gasteiger partial charge in [0.15, 0.2) is 0 Å². The SMILES string of the molecule is Cc1ccccc1CNC(=O)C(C)N(c1cccc(C(F)(F)F)c1)S(C)(=O)=O. The number of benzene rings is 2. The van der Waals surface area contributed by atoms with E-state index in [0.29, 0.717) is 10.4 Å². The number of nitrogens with zero attached hydrogens (tertiary/aromatic N) is 1. The lowest BCUT2D eigenvalue weighted by atomic mass is 10.1. The van der Waals surface area contributed by atoms with E-state index in [4.69, 9.17) is 0 Å². The third kappa shape index (κ3) is 5.25. The Labute approximate surface area is 162 Å². The van der Waals surface area contributed by atoms with Crippen LogP contribution >= 0.6 is 0 Å². The summed E-state index contributed by atoms with van der Waals surface area (Å²) in [6.07, 6.45) is -3.78. The highest BCUT2D eigenvalue weighted by Gasteiger charge is 2.34. The lowest BCUT2D eigenvalue weighted by Crippen LogP contribution is -2.47. The average Bonchev–Trinajstić information content (AvgIpc) is 2.59. The molecule has 1 unspecified atom stereocenters. The van der Waals surface area contributed by atoms with E-state index >= 15 is 0 Å². The van der Waals surface area contributed by atoms with Gasteiger partial charge in [-0.3, -0.25) is 9.10 Å². The van der Waals surface area contributed by atoms with Crippen LogP contribution < -0.4 is 9.62 Å². The largest absolute Gasteiger partial charge is 0.416 e. The normalized spacial score (nSPS) is 13.1. The van der Waals surface area contributed by atoms with Gasteiger partial charge in [0.2, 0.25) is 15.9 Å². The number of alkyl halides is 3. The van der Waals surface area contributed by atoms with E-state index < -0.39 is 33.7 Å². The van der Waals surface area contributed by atoms with E-state index in [-0.39, 0.29) is 12.2 Å². The Morgan fingerprint density at radius 3 is 2.36 bits per heavy atom. The molecule has 0 fully saturated rings. The second-order valence-electron chi connectivity index (χ2n) is 6.43. The lowest BCUT2D eigenvalue weighted by Gasteiger charge is -2.28. The summed E-state index contributed by atoms with van der Waals surface area (Å²) in [5.41, 5.74) is 0.586. The number of halogens is 3. The van der Waals surface area contributed by atoms with Gasteiger partial charge in [-0.2, -0.15) is 13.2 Å².